The van der Waals surface area contributed by atoms with Crippen molar-refractivity contribution >= 4 is 21.8 Å². The summed E-state index contributed by atoms with van der Waals surface area (Å²) < 4.78 is 34.8. The number of carbonyl (C=O) groups excluding carboxylic acids is 2. The SMILES string of the molecule is Cc1nonc1C(=O)NCC(=O)N[C@H]1COC[C@H]1CS(=O)(=O)N(C)C. The smallest absolute Gasteiger partial charge is 0.275 e. The highest BCUT2D eigenvalue weighted by Crippen LogP contribution is 2.17. The number of rotatable bonds is 7. The summed E-state index contributed by atoms with van der Waals surface area (Å²) in [7, 11) is -0.497. The molecule has 0 aliphatic carbocycles. The molecule has 1 aromatic rings. The second kappa shape index (κ2) is 7.89. The van der Waals surface area contributed by atoms with Crippen molar-refractivity contribution in [2.45, 2.75) is 13.0 Å². The van der Waals surface area contributed by atoms with Crippen LogP contribution >= 0.6 is 0 Å². The van der Waals surface area contributed by atoms with Gasteiger partial charge in [0.15, 0.2) is 5.69 Å². The Morgan fingerprint density at radius 1 is 1.28 bits per heavy atom. The summed E-state index contributed by atoms with van der Waals surface area (Å²) in [6, 6.07) is -0.436. The van der Waals surface area contributed by atoms with Crippen molar-refractivity contribution in [1.82, 2.24) is 25.3 Å². The predicted octanol–water partition coefficient (Wildman–Crippen LogP) is -1.87. The first-order valence-corrected chi connectivity index (χ1v) is 9.16. The van der Waals surface area contributed by atoms with Crippen molar-refractivity contribution in [2.75, 3.05) is 39.6 Å². The van der Waals surface area contributed by atoms with E-state index in [4.69, 9.17) is 4.74 Å². The molecule has 2 N–H and O–H groups in total. The van der Waals surface area contributed by atoms with Gasteiger partial charge < -0.3 is 15.4 Å². The zero-order chi connectivity index (χ0) is 18.6. The highest BCUT2D eigenvalue weighted by atomic mass is 32.2. The molecule has 0 aromatic carbocycles. The standard InChI is InChI=1S/C13H21N5O6S/c1-8-12(17-24-16-8)13(20)14-4-11(19)15-10-6-23-5-9(10)7-25(21,22)18(2)3/h9-10H,4-7H2,1-3H3,(H,14,20)(H,15,19)/t9-,10-/m0/s1. The van der Waals surface area contributed by atoms with Gasteiger partial charge in [-0.1, -0.05) is 5.16 Å². The summed E-state index contributed by atoms with van der Waals surface area (Å²) in [5.74, 6) is -1.51. The van der Waals surface area contributed by atoms with E-state index in [0.717, 1.165) is 4.31 Å². The van der Waals surface area contributed by atoms with Gasteiger partial charge in [0.05, 0.1) is 31.6 Å². The lowest BCUT2D eigenvalue weighted by Crippen LogP contribution is -2.47. The maximum Gasteiger partial charge on any atom is 0.275 e. The summed E-state index contributed by atoms with van der Waals surface area (Å²) in [6.07, 6.45) is 0. The molecule has 0 unspecified atom stereocenters. The monoisotopic (exact) mass is 375 g/mol. The molecule has 0 spiro atoms. The van der Waals surface area contributed by atoms with Gasteiger partial charge in [0.2, 0.25) is 15.9 Å². The number of ether oxygens (including phenoxy) is 1. The van der Waals surface area contributed by atoms with E-state index in [1.807, 2.05) is 0 Å². The van der Waals surface area contributed by atoms with Crippen molar-refractivity contribution in [2.24, 2.45) is 5.92 Å². The van der Waals surface area contributed by atoms with Gasteiger partial charge in [0.25, 0.3) is 5.91 Å². The maximum absolute atomic E-state index is 12.0. The summed E-state index contributed by atoms with van der Waals surface area (Å²) in [4.78, 5) is 23.8. The second-order valence-corrected chi connectivity index (χ2v) is 8.14. The highest BCUT2D eigenvalue weighted by molar-refractivity contribution is 7.89. The summed E-state index contributed by atoms with van der Waals surface area (Å²) in [5.41, 5.74) is 0.322. The number of sulfonamides is 1. The van der Waals surface area contributed by atoms with Crippen LogP contribution in [0.3, 0.4) is 0 Å². The molecule has 1 aliphatic heterocycles. The molecule has 0 saturated carbocycles. The molecular weight excluding hydrogens is 354 g/mol. The fraction of sp³-hybridized carbons (Fsp3) is 0.692. The van der Waals surface area contributed by atoms with Crippen LogP contribution in [0.4, 0.5) is 0 Å². The molecule has 2 rings (SSSR count). The Balaban J connectivity index is 1.85. The van der Waals surface area contributed by atoms with Crippen LogP contribution in [0.25, 0.3) is 0 Å². The van der Waals surface area contributed by atoms with E-state index >= 15 is 0 Å². The summed E-state index contributed by atoms with van der Waals surface area (Å²) >= 11 is 0. The van der Waals surface area contributed by atoms with Gasteiger partial charge in [-0.05, 0) is 12.1 Å². The van der Waals surface area contributed by atoms with Crippen molar-refractivity contribution < 1.29 is 27.4 Å². The van der Waals surface area contributed by atoms with E-state index in [1.165, 1.54) is 14.1 Å². The van der Waals surface area contributed by atoms with Crippen LogP contribution in [0.5, 0.6) is 0 Å². The normalized spacial score (nSPS) is 20.6. The number of hydrogen-bond acceptors (Lipinski definition) is 8. The lowest BCUT2D eigenvalue weighted by atomic mass is 10.1. The van der Waals surface area contributed by atoms with Crippen molar-refractivity contribution in [3.8, 4) is 0 Å². The molecule has 1 saturated heterocycles. The average molecular weight is 375 g/mol. The largest absolute Gasteiger partial charge is 0.379 e. The van der Waals surface area contributed by atoms with Gasteiger partial charge in [-0.3, -0.25) is 9.59 Å². The third-order valence-electron chi connectivity index (χ3n) is 3.80. The molecular formula is C13H21N5O6S. The maximum atomic E-state index is 12.0. The zero-order valence-electron chi connectivity index (χ0n) is 14.2. The number of amides is 2. The number of carbonyl (C=O) groups is 2. The van der Waals surface area contributed by atoms with Crippen LogP contribution in [0.15, 0.2) is 4.63 Å². The molecule has 0 radical (unpaired) electrons. The molecule has 1 fully saturated rings. The van der Waals surface area contributed by atoms with E-state index in [2.05, 4.69) is 25.6 Å². The first kappa shape index (κ1) is 19.3. The molecule has 1 aromatic heterocycles. The molecule has 2 amide bonds. The molecule has 140 valence electrons. The van der Waals surface area contributed by atoms with E-state index < -0.39 is 27.9 Å². The minimum Gasteiger partial charge on any atom is -0.379 e. The number of nitrogens with one attached hydrogen (secondary N) is 2. The second-order valence-electron chi connectivity index (χ2n) is 5.91. The van der Waals surface area contributed by atoms with Crippen molar-refractivity contribution in [1.29, 1.82) is 0 Å². The van der Waals surface area contributed by atoms with E-state index in [0.29, 0.717) is 5.69 Å². The zero-order valence-corrected chi connectivity index (χ0v) is 15.0. The quantitative estimate of drug-likeness (QED) is 0.564. The Bertz CT molecular complexity index is 731. The fourth-order valence-corrected chi connectivity index (χ4v) is 3.45. The Morgan fingerprint density at radius 2 is 2.00 bits per heavy atom. The molecule has 2 atom stereocenters. The van der Waals surface area contributed by atoms with Crippen molar-refractivity contribution in [3.05, 3.63) is 11.4 Å². The number of aryl methyl sites for hydroxylation is 1. The minimum absolute atomic E-state index is 0.00644. The predicted molar refractivity (Wildman–Crippen MR) is 85.1 cm³/mol. The minimum atomic E-state index is -3.40. The number of hydrogen-bond donors (Lipinski definition) is 2. The molecule has 2 heterocycles. The van der Waals surface area contributed by atoms with Gasteiger partial charge in [0, 0.05) is 20.0 Å². The first-order valence-electron chi connectivity index (χ1n) is 7.55. The molecule has 25 heavy (non-hydrogen) atoms. The third-order valence-corrected chi connectivity index (χ3v) is 5.77. The third kappa shape index (κ3) is 4.96. The van der Waals surface area contributed by atoms with Crippen LogP contribution in [-0.2, 0) is 19.6 Å². The number of nitrogens with zero attached hydrogens (tertiary/aromatic N) is 3. The van der Waals surface area contributed by atoms with Crippen LogP contribution in [-0.4, -0.2) is 80.5 Å². The fourth-order valence-electron chi connectivity index (χ4n) is 2.28. The summed E-state index contributed by atoms with van der Waals surface area (Å²) in [6.45, 7) is 1.74. The highest BCUT2D eigenvalue weighted by Gasteiger charge is 2.34. The first-order chi connectivity index (χ1) is 11.7. The van der Waals surface area contributed by atoms with Crippen LogP contribution in [0.2, 0.25) is 0 Å². The lowest BCUT2D eigenvalue weighted by molar-refractivity contribution is -0.121. The Kier molecular flexibility index (Phi) is 6.08. The van der Waals surface area contributed by atoms with E-state index in [-0.39, 0.29) is 37.1 Å². The van der Waals surface area contributed by atoms with Crippen molar-refractivity contribution in [3.63, 3.8) is 0 Å². The van der Waals surface area contributed by atoms with Crippen LogP contribution in [0.1, 0.15) is 16.2 Å². The molecule has 12 heteroatoms. The van der Waals surface area contributed by atoms with Crippen LogP contribution in [0, 0.1) is 12.8 Å². The van der Waals surface area contributed by atoms with Gasteiger partial charge in [-0.15, -0.1) is 0 Å². The summed E-state index contributed by atoms with van der Waals surface area (Å²) in [5, 5.41) is 12.0. The van der Waals surface area contributed by atoms with E-state index in [9.17, 15) is 18.0 Å². The van der Waals surface area contributed by atoms with Gasteiger partial charge in [-0.2, -0.15) is 0 Å². The lowest BCUT2D eigenvalue weighted by Gasteiger charge is -2.21. The topological polar surface area (TPSA) is 144 Å². The van der Waals surface area contributed by atoms with Crippen LogP contribution < -0.4 is 10.6 Å². The van der Waals surface area contributed by atoms with E-state index in [1.54, 1.807) is 6.92 Å². The van der Waals surface area contributed by atoms with Gasteiger partial charge in [0.1, 0.15) is 5.69 Å². The van der Waals surface area contributed by atoms with Gasteiger partial charge >= 0.3 is 0 Å². The Labute approximate surface area is 145 Å². The Hall–Kier alpha value is -2.05. The molecule has 0 bridgehead atoms. The van der Waals surface area contributed by atoms with Gasteiger partial charge in [-0.25, -0.2) is 17.4 Å². The molecule has 11 nitrogen and oxygen atoms in total. The average Bonchev–Trinajstić information content (AvgIpc) is 3.14. The number of aromatic nitrogens is 2. The Morgan fingerprint density at radius 3 is 2.60 bits per heavy atom. The molecule has 1 aliphatic rings.